The van der Waals surface area contributed by atoms with E-state index in [-0.39, 0.29) is 11.5 Å². The molecular weight excluding hydrogens is 422 g/mol. The average Bonchev–Trinajstić information content (AvgIpc) is 2.86. The molecule has 3 aromatic rings. The third kappa shape index (κ3) is 6.99. The number of primary amides is 1. The van der Waals surface area contributed by atoms with E-state index in [2.05, 4.69) is 38.5 Å². The van der Waals surface area contributed by atoms with Crippen LogP contribution in [-0.2, 0) is 6.54 Å². The van der Waals surface area contributed by atoms with Crippen LogP contribution in [0.4, 0.5) is 11.5 Å². The van der Waals surface area contributed by atoms with Gasteiger partial charge in [0.25, 0.3) is 5.91 Å². The van der Waals surface area contributed by atoms with E-state index in [0.29, 0.717) is 16.8 Å². The molecule has 0 saturated heterocycles. The van der Waals surface area contributed by atoms with Crippen LogP contribution in [0.5, 0.6) is 5.75 Å². The summed E-state index contributed by atoms with van der Waals surface area (Å²) in [6.07, 6.45) is 2.15. The Hall–Kier alpha value is -4.02. The molecule has 1 amide bonds. The first-order valence-electron chi connectivity index (χ1n) is 10.2. The number of aromatic nitrogens is 2. The maximum absolute atomic E-state index is 11.1. The van der Waals surface area contributed by atoms with Crippen molar-refractivity contribution in [1.82, 2.24) is 15.3 Å². The Morgan fingerprint density at radius 3 is 2.73 bits per heavy atom. The second-order valence-electron chi connectivity index (χ2n) is 6.73. The number of carbonyl (C=O) groups is 2. The van der Waals surface area contributed by atoms with Gasteiger partial charge >= 0.3 is 0 Å². The summed E-state index contributed by atoms with van der Waals surface area (Å²) in [7, 11) is 3.45. The van der Waals surface area contributed by atoms with Crippen LogP contribution >= 0.6 is 0 Å². The molecule has 2 heterocycles. The first kappa shape index (κ1) is 25.2. The van der Waals surface area contributed by atoms with Gasteiger partial charge in [-0.05, 0) is 37.9 Å². The van der Waals surface area contributed by atoms with E-state index in [1.165, 1.54) is 18.8 Å². The number of nitrogens with one attached hydrogen (secondary N) is 2. The second-order valence-corrected chi connectivity index (χ2v) is 6.73. The summed E-state index contributed by atoms with van der Waals surface area (Å²) in [6, 6.07) is 13.0. The van der Waals surface area contributed by atoms with Crippen molar-refractivity contribution in [2.45, 2.75) is 6.54 Å². The lowest BCUT2D eigenvalue weighted by atomic mass is 10.1. The number of hydrogen-bond donors (Lipinski definition) is 5. The van der Waals surface area contributed by atoms with Crippen LogP contribution in [0.1, 0.15) is 26.4 Å². The van der Waals surface area contributed by atoms with Gasteiger partial charge in [-0.2, -0.15) is 0 Å². The fraction of sp³-hybridized carbons (Fsp3) is 0.217. The number of aldehydes is 1. The standard InChI is InChI=1S/C12H10N4O2.C10H14N2O.CH5N/c13-11-10(12(14)18)16-9(5-15-11)8-3-1-2-7(4-8)6-17;1-11-7-8-2-3-10-9(6-8)12-4-5-13-10;1-2/h1-6H,(H2,13,15)(H2,14,18);2-3,6,11-12H,4-5,7H2,1H3;2H2,1H3. The molecule has 174 valence electrons. The minimum atomic E-state index is -0.742. The van der Waals surface area contributed by atoms with Crippen molar-refractivity contribution >= 4 is 23.7 Å². The van der Waals surface area contributed by atoms with Gasteiger partial charge in [0, 0.05) is 24.2 Å². The largest absolute Gasteiger partial charge is 0.490 e. The average molecular weight is 452 g/mol. The van der Waals surface area contributed by atoms with E-state index >= 15 is 0 Å². The number of fused-ring (bicyclic) bond motifs is 1. The molecule has 1 aliphatic heterocycles. The molecule has 33 heavy (non-hydrogen) atoms. The SMILES string of the molecule is CN.CNCc1ccc2c(c1)NCCO2.NC(=O)c1nc(-c2cccc(C=O)c2)cnc1N. The van der Waals surface area contributed by atoms with Gasteiger partial charge in [0.2, 0.25) is 0 Å². The third-order valence-corrected chi connectivity index (χ3v) is 4.45. The van der Waals surface area contributed by atoms with Crippen molar-refractivity contribution in [1.29, 1.82) is 0 Å². The molecule has 0 radical (unpaired) electrons. The summed E-state index contributed by atoms with van der Waals surface area (Å²) in [6.45, 7) is 2.56. The molecule has 0 saturated carbocycles. The zero-order valence-corrected chi connectivity index (χ0v) is 18.7. The number of hydrogen-bond acceptors (Lipinski definition) is 9. The number of amides is 1. The third-order valence-electron chi connectivity index (χ3n) is 4.45. The Bertz CT molecular complexity index is 1090. The number of carbonyl (C=O) groups excluding carboxylic acids is 2. The van der Waals surface area contributed by atoms with Gasteiger partial charge in [-0.15, -0.1) is 0 Å². The number of ether oxygens (including phenoxy) is 1. The molecule has 0 spiro atoms. The van der Waals surface area contributed by atoms with Crippen LogP contribution in [0.25, 0.3) is 11.3 Å². The van der Waals surface area contributed by atoms with Crippen molar-refractivity contribution in [2.24, 2.45) is 11.5 Å². The highest BCUT2D eigenvalue weighted by atomic mass is 16.5. The number of benzene rings is 2. The van der Waals surface area contributed by atoms with Crippen molar-refractivity contribution in [3.8, 4) is 17.0 Å². The van der Waals surface area contributed by atoms with Gasteiger partial charge in [-0.1, -0.05) is 24.3 Å². The van der Waals surface area contributed by atoms with Gasteiger partial charge in [0.15, 0.2) is 11.5 Å². The number of nitrogens with two attached hydrogens (primary N) is 3. The highest BCUT2D eigenvalue weighted by molar-refractivity contribution is 5.95. The Balaban J connectivity index is 0.000000227. The lowest BCUT2D eigenvalue weighted by molar-refractivity contribution is 0.0996. The molecule has 1 aromatic heterocycles. The minimum Gasteiger partial charge on any atom is -0.490 e. The highest BCUT2D eigenvalue weighted by Gasteiger charge is 2.11. The van der Waals surface area contributed by atoms with Crippen LogP contribution in [0.3, 0.4) is 0 Å². The van der Waals surface area contributed by atoms with E-state index < -0.39 is 5.91 Å². The first-order chi connectivity index (χ1) is 16.0. The van der Waals surface area contributed by atoms with E-state index in [1.54, 1.807) is 24.3 Å². The molecule has 0 fully saturated rings. The molecule has 0 aliphatic carbocycles. The van der Waals surface area contributed by atoms with Gasteiger partial charge in [0.1, 0.15) is 18.6 Å². The molecular formula is C23H29N7O3. The van der Waals surface area contributed by atoms with Crippen molar-refractivity contribution in [2.75, 3.05) is 38.3 Å². The van der Waals surface area contributed by atoms with Gasteiger partial charge < -0.3 is 32.6 Å². The van der Waals surface area contributed by atoms with Gasteiger partial charge in [-0.3, -0.25) is 9.59 Å². The van der Waals surface area contributed by atoms with Crippen molar-refractivity contribution in [3.05, 3.63) is 65.5 Å². The van der Waals surface area contributed by atoms with E-state index in [9.17, 15) is 9.59 Å². The van der Waals surface area contributed by atoms with Crippen LogP contribution in [0.15, 0.2) is 48.7 Å². The number of nitrogens with zero attached hydrogens (tertiary/aromatic N) is 2. The lowest BCUT2D eigenvalue weighted by Gasteiger charge is -2.19. The van der Waals surface area contributed by atoms with Crippen LogP contribution < -0.4 is 32.6 Å². The molecule has 4 rings (SSSR count). The quantitative estimate of drug-likeness (QED) is 0.360. The summed E-state index contributed by atoms with van der Waals surface area (Å²) in [4.78, 5) is 29.7. The summed E-state index contributed by atoms with van der Waals surface area (Å²) in [5.74, 6) is 0.206. The molecule has 10 heteroatoms. The fourth-order valence-electron chi connectivity index (χ4n) is 2.99. The van der Waals surface area contributed by atoms with Crippen LogP contribution in [-0.4, -0.2) is 49.4 Å². The number of nitrogen functional groups attached to an aromatic ring is 1. The fourth-order valence-corrected chi connectivity index (χ4v) is 2.99. The Morgan fingerprint density at radius 2 is 2.03 bits per heavy atom. The smallest absolute Gasteiger partial charge is 0.271 e. The summed E-state index contributed by atoms with van der Waals surface area (Å²) < 4.78 is 5.47. The monoisotopic (exact) mass is 451 g/mol. The lowest BCUT2D eigenvalue weighted by Crippen LogP contribution is -2.18. The van der Waals surface area contributed by atoms with E-state index in [4.69, 9.17) is 16.2 Å². The molecule has 8 N–H and O–H groups in total. The summed E-state index contributed by atoms with van der Waals surface area (Å²) in [5, 5.41) is 6.43. The second kappa shape index (κ2) is 12.7. The predicted molar refractivity (Wildman–Crippen MR) is 129 cm³/mol. The Labute approximate surface area is 192 Å². The topological polar surface area (TPSA) is 171 Å². The Morgan fingerprint density at radius 1 is 1.24 bits per heavy atom. The number of anilines is 2. The molecule has 0 unspecified atom stereocenters. The van der Waals surface area contributed by atoms with Gasteiger partial charge in [0.05, 0.1) is 17.6 Å². The molecule has 0 atom stereocenters. The Kier molecular flexibility index (Phi) is 9.75. The maximum Gasteiger partial charge on any atom is 0.271 e. The molecule has 0 bridgehead atoms. The zero-order valence-electron chi connectivity index (χ0n) is 18.7. The number of rotatable bonds is 5. The van der Waals surface area contributed by atoms with Crippen LogP contribution in [0.2, 0.25) is 0 Å². The maximum atomic E-state index is 11.1. The first-order valence-corrected chi connectivity index (χ1v) is 10.2. The molecule has 2 aromatic carbocycles. The van der Waals surface area contributed by atoms with Gasteiger partial charge in [-0.25, -0.2) is 9.97 Å². The molecule has 10 nitrogen and oxygen atoms in total. The van der Waals surface area contributed by atoms with Crippen LogP contribution in [0, 0.1) is 0 Å². The predicted octanol–water partition coefficient (Wildman–Crippen LogP) is 1.42. The van der Waals surface area contributed by atoms with E-state index in [1.807, 2.05) is 13.1 Å². The minimum absolute atomic E-state index is 0.0159. The zero-order chi connectivity index (χ0) is 24.2. The van der Waals surface area contributed by atoms with E-state index in [0.717, 1.165) is 37.4 Å². The van der Waals surface area contributed by atoms with Crippen molar-refractivity contribution < 1.29 is 14.3 Å². The van der Waals surface area contributed by atoms with Crippen molar-refractivity contribution in [3.63, 3.8) is 0 Å². The summed E-state index contributed by atoms with van der Waals surface area (Å²) in [5.41, 5.74) is 19.0. The molecule has 1 aliphatic rings. The highest BCUT2D eigenvalue weighted by Crippen LogP contribution is 2.27. The normalized spacial score (nSPS) is 11.2. The summed E-state index contributed by atoms with van der Waals surface area (Å²) >= 11 is 0.